The lowest BCUT2D eigenvalue weighted by Gasteiger charge is -2.22. The maximum atomic E-state index is 13.2. The molecule has 1 aliphatic rings. The van der Waals surface area contributed by atoms with E-state index in [-0.39, 0.29) is 37.1 Å². The molecule has 0 unspecified atom stereocenters. The van der Waals surface area contributed by atoms with Crippen molar-refractivity contribution >= 4 is 44.4 Å². The molecule has 1 saturated heterocycles. The van der Waals surface area contributed by atoms with E-state index in [1.54, 1.807) is 4.90 Å². The number of rotatable bonds is 5. The first-order valence-electron chi connectivity index (χ1n) is 9.47. The van der Waals surface area contributed by atoms with E-state index < -0.39 is 0 Å². The Kier molecular flexibility index (Phi) is 5.15. The molecule has 0 radical (unpaired) electrons. The second-order valence-electron chi connectivity index (χ2n) is 7.27. The van der Waals surface area contributed by atoms with Crippen LogP contribution in [0.2, 0.25) is 0 Å². The molecule has 3 aromatic rings. The largest absolute Gasteiger partial charge is 0.282 e. The van der Waals surface area contributed by atoms with Gasteiger partial charge < -0.3 is 0 Å². The Labute approximate surface area is 172 Å². The van der Waals surface area contributed by atoms with Gasteiger partial charge in [0.25, 0.3) is 0 Å². The van der Waals surface area contributed by atoms with E-state index in [1.807, 2.05) is 50.2 Å². The summed E-state index contributed by atoms with van der Waals surface area (Å²) >= 11 is 1.45. The van der Waals surface area contributed by atoms with E-state index in [0.29, 0.717) is 11.7 Å². The van der Waals surface area contributed by atoms with Crippen molar-refractivity contribution in [1.29, 1.82) is 0 Å². The molecule has 0 saturated carbocycles. The third-order valence-corrected chi connectivity index (χ3v) is 6.20. The van der Waals surface area contributed by atoms with Gasteiger partial charge in [0.2, 0.25) is 17.7 Å². The summed E-state index contributed by atoms with van der Waals surface area (Å²) in [7, 11) is 0. The zero-order valence-electron chi connectivity index (χ0n) is 16.3. The van der Waals surface area contributed by atoms with Gasteiger partial charge in [0.1, 0.15) is 6.54 Å². The van der Waals surface area contributed by atoms with Crippen molar-refractivity contribution < 1.29 is 14.4 Å². The van der Waals surface area contributed by atoms with Crippen LogP contribution in [0.4, 0.5) is 5.13 Å². The number of nitrogens with zero attached hydrogens (tertiary/aromatic N) is 3. The first-order chi connectivity index (χ1) is 13.9. The smallest absolute Gasteiger partial charge is 0.249 e. The highest BCUT2D eigenvalue weighted by atomic mass is 32.1. The molecule has 1 aliphatic heterocycles. The molecule has 0 atom stereocenters. The fourth-order valence-corrected chi connectivity index (χ4v) is 4.56. The molecule has 148 valence electrons. The number of imide groups is 1. The summed E-state index contributed by atoms with van der Waals surface area (Å²) in [4.78, 5) is 44.5. The molecule has 1 fully saturated rings. The average Bonchev–Trinajstić information content (AvgIpc) is 3.25. The molecule has 29 heavy (non-hydrogen) atoms. The van der Waals surface area contributed by atoms with Crippen LogP contribution >= 0.6 is 11.3 Å². The molecular weight excluding hydrogens is 386 g/mol. The summed E-state index contributed by atoms with van der Waals surface area (Å²) in [6.07, 6.45) is 0.342. The number of hydrogen-bond acceptors (Lipinski definition) is 5. The van der Waals surface area contributed by atoms with Gasteiger partial charge >= 0.3 is 0 Å². The average molecular weight is 407 g/mol. The summed E-state index contributed by atoms with van der Waals surface area (Å²) in [6, 6.07) is 13.7. The third kappa shape index (κ3) is 3.91. The molecule has 4 rings (SSSR count). The zero-order chi connectivity index (χ0) is 20.5. The van der Waals surface area contributed by atoms with Gasteiger partial charge in [-0.25, -0.2) is 4.98 Å². The van der Waals surface area contributed by atoms with Crippen LogP contribution in [0.3, 0.4) is 0 Å². The van der Waals surface area contributed by atoms with Crippen LogP contribution in [0, 0.1) is 13.8 Å². The summed E-state index contributed by atoms with van der Waals surface area (Å²) in [5, 5.41) is 0.571. The Balaban J connectivity index is 1.70. The van der Waals surface area contributed by atoms with Gasteiger partial charge in [-0.15, -0.1) is 0 Å². The Hall–Kier alpha value is -3.06. The lowest BCUT2D eigenvalue weighted by atomic mass is 10.1. The Morgan fingerprint density at radius 1 is 1.10 bits per heavy atom. The highest BCUT2D eigenvalue weighted by Crippen LogP contribution is 2.33. The second kappa shape index (κ2) is 7.75. The molecule has 1 aromatic heterocycles. The Morgan fingerprint density at radius 3 is 2.48 bits per heavy atom. The number of likely N-dealkylation sites (tertiary alicyclic amines) is 1. The van der Waals surface area contributed by atoms with Gasteiger partial charge in [0.05, 0.1) is 16.8 Å². The number of carbonyl (C=O) groups excluding carboxylic acids is 3. The Bertz CT molecular complexity index is 1090. The minimum absolute atomic E-state index is 0.171. The lowest BCUT2D eigenvalue weighted by Crippen LogP contribution is -2.42. The molecule has 0 bridgehead atoms. The van der Waals surface area contributed by atoms with E-state index >= 15 is 0 Å². The topological polar surface area (TPSA) is 70.6 Å². The first-order valence-corrected chi connectivity index (χ1v) is 10.3. The zero-order valence-corrected chi connectivity index (χ0v) is 17.2. The van der Waals surface area contributed by atoms with Gasteiger partial charge in [0, 0.05) is 12.8 Å². The molecule has 6 nitrogen and oxygen atoms in total. The fraction of sp³-hybridized carbons (Fsp3) is 0.273. The molecule has 0 aliphatic carbocycles. The number of benzene rings is 2. The summed E-state index contributed by atoms with van der Waals surface area (Å²) in [5.74, 6) is -0.900. The molecule has 3 amide bonds. The van der Waals surface area contributed by atoms with Gasteiger partial charge in [-0.05, 0) is 36.6 Å². The normalized spacial score (nSPS) is 14.1. The van der Waals surface area contributed by atoms with Crippen LogP contribution in [-0.2, 0) is 20.9 Å². The SMILES string of the molecule is Cc1cc(C)c2sc(N(Cc3ccccc3)C(=O)CN3C(=O)CCC3=O)nc2c1. The number of fused-ring (bicyclic) bond motifs is 1. The van der Waals surface area contributed by atoms with Crippen molar-refractivity contribution in [3.63, 3.8) is 0 Å². The minimum Gasteiger partial charge on any atom is -0.282 e. The molecule has 0 spiro atoms. The fourth-order valence-electron chi connectivity index (χ4n) is 3.53. The van der Waals surface area contributed by atoms with E-state index in [1.165, 1.54) is 11.3 Å². The van der Waals surface area contributed by atoms with E-state index in [2.05, 4.69) is 6.07 Å². The number of thiazole rings is 1. The summed E-state index contributed by atoms with van der Waals surface area (Å²) in [6.45, 7) is 4.12. The van der Waals surface area contributed by atoms with Gasteiger partial charge in [-0.1, -0.05) is 47.7 Å². The quantitative estimate of drug-likeness (QED) is 0.606. The summed E-state index contributed by atoms with van der Waals surface area (Å²) < 4.78 is 1.03. The minimum atomic E-state index is -0.314. The second-order valence-corrected chi connectivity index (χ2v) is 8.24. The standard InChI is InChI=1S/C22H21N3O3S/c1-14-10-15(2)21-17(11-14)23-22(29-21)25(12-16-6-4-3-5-7-16)20(28)13-24-18(26)8-9-19(24)27/h3-7,10-11H,8-9,12-13H2,1-2H3. The predicted molar refractivity (Wildman–Crippen MR) is 113 cm³/mol. The highest BCUT2D eigenvalue weighted by molar-refractivity contribution is 7.22. The van der Waals surface area contributed by atoms with E-state index in [9.17, 15) is 14.4 Å². The summed E-state index contributed by atoms with van der Waals surface area (Å²) in [5.41, 5.74) is 4.02. The lowest BCUT2D eigenvalue weighted by molar-refractivity contribution is -0.141. The van der Waals surface area contributed by atoms with Crippen molar-refractivity contribution in [3.8, 4) is 0 Å². The van der Waals surface area contributed by atoms with Gasteiger partial charge in [0.15, 0.2) is 5.13 Å². The van der Waals surface area contributed by atoms with Crippen LogP contribution < -0.4 is 4.90 Å². The van der Waals surface area contributed by atoms with Gasteiger partial charge in [-0.2, -0.15) is 0 Å². The molecule has 2 aromatic carbocycles. The maximum absolute atomic E-state index is 13.2. The number of amides is 3. The number of anilines is 1. The van der Waals surface area contributed by atoms with Crippen LogP contribution in [-0.4, -0.2) is 34.2 Å². The number of hydrogen-bond donors (Lipinski definition) is 0. The van der Waals surface area contributed by atoms with E-state index in [0.717, 1.165) is 31.8 Å². The van der Waals surface area contributed by atoms with Crippen molar-refractivity contribution in [1.82, 2.24) is 9.88 Å². The predicted octanol–water partition coefficient (Wildman–Crippen LogP) is 3.60. The van der Waals surface area contributed by atoms with Crippen molar-refractivity contribution in [2.45, 2.75) is 33.2 Å². The number of carbonyl (C=O) groups is 3. The van der Waals surface area contributed by atoms with Crippen LogP contribution in [0.15, 0.2) is 42.5 Å². The number of aromatic nitrogens is 1. The van der Waals surface area contributed by atoms with Crippen LogP contribution in [0.5, 0.6) is 0 Å². The van der Waals surface area contributed by atoms with Crippen molar-refractivity contribution in [2.75, 3.05) is 11.4 Å². The molecule has 7 heteroatoms. The van der Waals surface area contributed by atoms with E-state index in [4.69, 9.17) is 4.98 Å². The Morgan fingerprint density at radius 2 is 1.79 bits per heavy atom. The molecule has 2 heterocycles. The highest BCUT2D eigenvalue weighted by Gasteiger charge is 2.33. The van der Waals surface area contributed by atoms with Crippen LogP contribution in [0.1, 0.15) is 29.5 Å². The molecule has 0 N–H and O–H groups in total. The molecular formula is C22H21N3O3S. The van der Waals surface area contributed by atoms with Crippen LogP contribution in [0.25, 0.3) is 10.2 Å². The van der Waals surface area contributed by atoms with Gasteiger partial charge in [-0.3, -0.25) is 24.2 Å². The monoisotopic (exact) mass is 407 g/mol. The van der Waals surface area contributed by atoms with Crippen molar-refractivity contribution in [3.05, 3.63) is 59.2 Å². The third-order valence-electron chi connectivity index (χ3n) is 4.97. The maximum Gasteiger partial charge on any atom is 0.249 e. The number of aryl methyl sites for hydroxylation is 2. The first kappa shape index (κ1) is 19.3. The van der Waals surface area contributed by atoms with Crippen molar-refractivity contribution in [2.24, 2.45) is 0 Å².